The summed E-state index contributed by atoms with van der Waals surface area (Å²) < 4.78 is 0. The predicted molar refractivity (Wildman–Crippen MR) is 79.5 cm³/mol. The van der Waals surface area contributed by atoms with Gasteiger partial charge < -0.3 is 5.73 Å². The Bertz CT molecular complexity index is 586. The highest BCUT2D eigenvalue weighted by Gasteiger charge is 2.16. The largest absolute Gasteiger partial charge is 0.319 e. The van der Waals surface area contributed by atoms with Crippen LogP contribution in [0.4, 0.5) is 0 Å². The zero-order chi connectivity index (χ0) is 13.8. The molecule has 0 aliphatic heterocycles. The van der Waals surface area contributed by atoms with Crippen LogP contribution in [-0.4, -0.2) is 15.0 Å². The van der Waals surface area contributed by atoms with Crippen LogP contribution in [0.2, 0.25) is 0 Å². The van der Waals surface area contributed by atoms with Gasteiger partial charge >= 0.3 is 0 Å². The van der Waals surface area contributed by atoms with E-state index in [2.05, 4.69) is 16.3 Å². The van der Waals surface area contributed by atoms with Crippen LogP contribution < -0.4 is 5.73 Å². The van der Waals surface area contributed by atoms with Crippen LogP contribution in [0.1, 0.15) is 43.8 Å². The fourth-order valence-corrected chi connectivity index (χ4v) is 2.62. The molecule has 3 rings (SSSR count). The van der Waals surface area contributed by atoms with Crippen molar-refractivity contribution in [2.24, 2.45) is 5.73 Å². The van der Waals surface area contributed by atoms with Crippen LogP contribution in [0.5, 0.6) is 0 Å². The van der Waals surface area contributed by atoms with Crippen molar-refractivity contribution < 1.29 is 0 Å². The molecule has 4 heteroatoms. The van der Waals surface area contributed by atoms with Gasteiger partial charge in [0, 0.05) is 0 Å². The highest BCUT2D eigenvalue weighted by molar-refractivity contribution is 5.29. The van der Waals surface area contributed by atoms with Crippen LogP contribution >= 0.6 is 0 Å². The van der Waals surface area contributed by atoms with Gasteiger partial charge in [-0.2, -0.15) is 15.0 Å². The molecule has 0 spiro atoms. The number of allylic oxidation sites excluding steroid dienone is 1. The first-order chi connectivity index (χ1) is 9.84. The van der Waals surface area contributed by atoms with E-state index < -0.39 is 0 Å². The number of hydrogen-bond acceptors (Lipinski definition) is 3. The number of hydrogen-bond donors (Lipinski definition) is 1. The molecule has 1 unspecified atom stereocenters. The number of rotatable bonds is 3. The van der Waals surface area contributed by atoms with Gasteiger partial charge in [-0.15, -0.1) is 0 Å². The quantitative estimate of drug-likeness (QED) is 0.870. The van der Waals surface area contributed by atoms with Crippen molar-refractivity contribution in [3.05, 3.63) is 53.9 Å². The molecule has 2 aromatic rings. The standard InChI is InChI=1S/C16H20N4/c17-16(13-8-4-1-2-5-9-13)15-12-18-20(19-15)14-10-6-3-7-11-14/h3,6-8,10-12,16H,1-2,4-5,9,17H2. The maximum atomic E-state index is 6.35. The molecule has 1 aliphatic rings. The normalized spacial score (nSPS) is 17.4. The smallest absolute Gasteiger partial charge is 0.104 e. The summed E-state index contributed by atoms with van der Waals surface area (Å²) in [4.78, 5) is 1.65. The summed E-state index contributed by atoms with van der Waals surface area (Å²) in [5.41, 5.74) is 9.46. The maximum Gasteiger partial charge on any atom is 0.104 e. The van der Waals surface area contributed by atoms with Crippen molar-refractivity contribution in [1.82, 2.24) is 15.0 Å². The third kappa shape index (κ3) is 2.80. The van der Waals surface area contributed by atoms with Crippen LogP contribution in [0.15, 0.2) is 48.2 Å². The Balaban J connectivity index is 1.81. The second kappa shape index (κ2) is 6.01. The van der Waals surface area contributed by atoms with Crippen molar-refractivity contribution >= 4 is 0 Å². The molecule has 0 saturated heterocycles. The molecule has 0 amide bonds. The second-order valence-corrected chi connectivity index (χ2v) is 5.25. The molecule has 104 valence electrons. The van der Waals surface area contributed by atoms with E-state index >= 15 is 0 Å². The molecule has 1 aromatic heterocycles. The molecule has 0 saturated carbocycles. The number of aromatic nitrogens is 3. The number of para-hydroxylation sites is 1. The average molecular weight is 268 g/mol. The zero-order valence-electron chi connectivity index (χ0n) is 11.6. The Labute approximate surface area is 119 Å². The van der Waals surface area contributed by atoms with E-state index in [1.165, 1.54) is 24.8 Å². The van der Waals surface area contributed by atoms with Gasteiger partial charge in [0.15, 0.2) is 0 Å². The van der Waals surface area contributed by atoms with E-state index in [1.54, 1.807) is 11.0 Å². The van der Waals surface area contributed by atoms with Gasteiger partial charge in [-0.1, -0.05) is 36.3 Å². The Morgan fingerprint density at radius 1 is 1.10 bits per heavy atom. The maximum absolute atomic E-state index is 6.35. The Hall–Kier alpha value is -1.94. The van der Waals surface area contributed by atoms with Crippen molar-refractivity contribution in [2.75, 3.05) is 0 Å². The topological polar surface area (TPSA) is 56.7 Å². The molecular weight excluding hydrogens is 248 g/mol. The lowest BCUT2D eigenvalue weighted by Crippen LogP contribution is -2.14. The fourth-order valence-electron chi connectivity index (χ4n) is 2.62. The van der Waals surface area contributed by atoms with Crippen LogP contribution in [0.3, 0.4) is 0 Å². The summed E-state index contributed by atoms with van der Waals surface area (Å²) >= 11 is 0. The fraction of sp³-hybridized carbons (Fsp3) is 0.375. The minimum Gasteiger partial charge on any atom is -0.319 e. The lowest BCUT2D eigenvalue weighted by atomic mass is 10.0. The summed E-state index contributed by atoms with van der Waals surface area (Å²) in [6.07, 6.45) is 10.1. The van der Waals surface area contributed by atoms with Crippen LogP contribution in [-0.2, 0) is 0 Å². The summed E-state index contributed by atoms with van der Waals surface area (Å²) in [5.74, 6) is 0. The molecule has 1 heterocycles. The Morgan fingerprint density at radius 3 is 2.80 bits per heavy atom. The molecule has 1 aromatic carbocycles. The zero-order valence-corrected chi connectivity index (χ0v) is 11.6. The van der Waals surface area contributed by atoms with E-state index in [1.807, 2.05) is 30.3 Å². The Kier molecular flexibility index (Phi) is 3.92. The minimum atomic E-state index is -0.120. The molecule has 0 fully saturated rings. The monoisotopic (exact) mass is 268 g/mol. The van der Waals surface area contributed by atoms with Gasteiger partial charge in [0.2, 0.25) is 0 Å². The molecular formula is C16H20N4. The SMILES string of the molecule is NC(C1=CCCCCC1)c1cnn(-c2ccccc2)n1. The first kappa shape index (κ1) is 13.1. The highest BCUT2D eigenvalue weighted by atomic mass is 15.5. The number of nitrogens with two attached hydrogens (primary N) is 1. The first-order valence-corrected chi connectivity index (χ1v) is 7.27. The van der Waals surface area contributed by atoms with Crippen molar-refractivity contribution in [2.45, 2.75) is 38.1 Å². The van der Waals surface area contributed by atoms with E-state index in [4.69, 9.17) is 5.73 Å². The second-order valence-electron chi connectivity index (χ2n) is 5.25. The molecule has 1 aliphatic carbocycles. The van der Waals surface area contributed by atoms with Gasteiger partial charge in [0.25, 0.3) is 0 Å². The molecule has 2 N–H and O–H groups in total. The molecule has 1 atom stereocenters. The predicted octanol–water partition coefficient (Wildman–Crippen LogP) is 3.16. The van der Waals surface area contributed by atoms with Gasteiger partial charge in [0.1, 0.15) is 5.69 Å². The van der Waals surface area contributed by atoms with Gasteiger partial charge in [0.05, 0.1) is 17.9 Å². The van der Waals surface area contributed by atoms with E-state index in [-0.39, 0.29) is 6.04 Å². The number of nitrogens with zero attached hydrogens (tertiary/aromatic N) is 3. The van der Waals surface area contributed by atoms with E-state index in [0.29, 0.717) is 0 Å². The molecule has 0 radical (unpaired) electrons. The van der Waals surface area contributed by atoms with E-state index in [9.17, 15) is 0 Å². The summed E-state index contributed by atoms with van der Waals surface area (Å²) in [7, 11) is 0. The third-order valence-electron chi connectivity index (χ3n) is 3.79. The van der Waals surface area contributed by atoms with Gasteiger partial charge in [-0.25, -0.2) is 0 Å². The summed E-state index contributed by atoms with van der Waals surface area (Å²) in [6.45, 7) is 0. The lowest BCUT2D eigenvalue weighted by Gasteiger charge is -2.12. The van der Waals surface area contributed by atoms with Gasteiger partial charge in [-0.3, -0.25) is 0 Å². The van der Waals surface area contributed by atoms with Crippen LogP contribution in [0.25, 0.3) is 5.69 Å². The average Bonchev–Trinajstić information content (AvgIpc) is 2.83. The highest BCUT2D eigenvalue weighted by Crippen LogP contribution is 2.26. The lowest BCUT2D eigenvalue weighted by molar-refractivity contribution is 0.671. The minimum absolute atomic E-state index is 0.120. The van der Waals surface area contributed by atoms with Crippen molar-refractivity contribution in [1.29, 1.82) is 0 Å². The van der Waals surface area contributed by atoms with Crippen LogP contribution in [0, 0.1) is 0 Å². The van der Waals surface area contributed by atoms with Gasteiger partial charge in [-0.05, 0) is 37.8 Å². The van der Waals surface area contributed by atoms with E-state index in [0.717, 1.165) is 24.2 Å². The molecule has 4 nitrogen and oxygen atoms in total. The Morgan fingerprint density at radius 2 is 1.95 bits per heavy atom. The summed E-state index contributed by atoms with van der Waals surface area (Å²) in [5, 5.41) is 8.85. The number of benzene rings is 1. The molecule has 0 bridgehead atoms. The van der Waals surface area contributed by atoms with Crippen molar-refractivity contribution in [3.63, 3.8) is 0 Å². The summed E-state index contributed by atoms with van der Waals surface area (Å²) in [6, 6.07) is 9.79. The molecule has 20 heavy (non-hydrogen) atoms. The van der Waals surface area contributed by atoms with Crippen molar-refractivity contribution in [3.8, 4) is 5.69 Å². The third-order valence-corrected chi connectivity index (χ3v) is 3.79. The first-order valence-electron chi connectivity index (χ1n) is 7.27.